The Kier molecular flexibility index (Phi) is 6.31. The maximum atomic E-state index is 13.2. The fraction of sp³-hybridized carbons (Fsp3) is 0.300. The monoisotopic (exact) mass is 384 g/mol. The highest BCUT2D eigenvalue weighted by Gasteiger charge is 2.38. The van der Waals surface area contributed by atoms with E-state index in [-0.39, 0.29) is 24.7 Å². The van der Waals surface area contributed by atoms with Crippen LogP contribution in [0.15, 0.2) is 48.7 Å². The highest BCUT2D eigenvalue weighted by Crippen LogP contribution is 2.12. The molecule has 1 aromatic carbocycles. The molecule has 8 heteroatoms. The summed E-state index contributed by atoms with van der Waals surface area (Å²) in [5.41, 5.74) is 1.55. The summed E-state index contributed by atoms with van der Waals surface area (Å²) in [7, 11) is 0. The minimum absolute atomic E-state index is 0.122. The van der Waals surface area contributed by atoms with Crippen molar-refractivity contribution < 1.29 is 18.8 Å². The van der Waals surface area contributed by atoms with Gasteiger partial charge in [0, 0.05) is 31.4 Å². The Morgan fingerprint density at radius 1 is 1.18 bits per heavy atom. The van der Waals surface area contributed by atoms with Gasteiger partial charge in [-0.25, -0.2) is 9.18 Å². The first kappa shape index (κ1) is 19.5. The quantitative estimate of drug-likeness (QED) is 0.674. The predicted molar refractivity (Wildman–Crippen MR) is 99.7 cm³/mol. The molecule has 1 aliphatic heterocycles. The molecular formula is C20H21FN4O3. The Morgan fingerprint density at radius 2 is 2.04 bits per heavy atom. The molecule has 0 spiro atoms. The van der Waals surface area contributed by atoms with Gasteiger partial charge in [0.25, 0.3) is 5.91 Å². The standard InChI is InChI=1S/C20H21FN4O3/c21-15-5-3-4-14(12-15)8-11-25-19(27)17(24-20(25)28)13-18(26)23-10-7-16-6-1-2-9-22-16/h1-6,9,12,17H,7-8,10-11,13H2,(H,23,26)(H,24,28)/t17-/m1/s1. The minimum Gasteiger partial charge on any atom is -0.356 e. The van der Waals surface area contributed by atoms with E-state index in [1.807, 2.05) is 18.2 Å². The summed E-state index contributed by atoms with van der Waals surface area (Å²) < 4.78 is 13.2. The number of nitrogens with one attached hydrogen (secondary N) is 2. The highest BCUT2D eigenvalue weighted by atomic mass is 19.1. The number of hydrogen-bond donors (Lipinski definition) is 2. The zero-order valence-corrected chi connectivity index (χ0v) is 15.2. The Labute approximate surface area is 161 Å². The summed E-state index contributed by atoms with van der Waals surface area (Å²) in [6, 6.07) is 10.1. The lowest BCUT2D eigenvalue weighted by Gasteiger charge is -2.13. The number of carbonyl (C=O) groups excluding carboxylic acids is 3. The van der Waals surface area contributed by atoms with Crippen molar-refractivity contribution in [3.63, 3.8) is 0 Å². The van der Waals surface area contributed by atoms with Gasteiger partial charge in [0.1, 0.15) is 11.9 Å². The van der Waals surface area contributed by atoms with Crippen molar-refractivity contribution in [2.24, 2.45) is 0 Å². The topological polar surface area (TPSA) is 91.4 Å². The van der Waals surface area contributed by atoms with Crippen LogP contribution in [0.5, 0.6) is 0 Å². The van der Waals surface area contributed by atoms with E-state index in [4.69, 9.17) is 0 Å². The SMILES string of the molecule is O=C(C[C@H]1NC(=O)N(CCc2cccc(F)c2)C1=O)NCCc1ccccn1. The molecule has 28 heavy (non-hydrogen) atoms. The summed E-state index contributed by atoms with van der Waals surface area (Å²) in [6.07, 6.45) is 2.49. The number of pyridine rings is 1. The van der Waals surface area contributed by atoms with E-state index < -0.39 is 18.0 Å². The molecule has 0 saturated carbocycles. The molecule has 0 aliphatic carbocycles. The number of aromatic nitrogens is 1. The van der Waals surface area contributed by atoms with Crippen LogP contribution in [0.4, 0.5) is 9.18 Å². The molecule has 0 unspecified atom stereocenters. The van der Waals surface area contributed by atoms with Gasteiger partial charge in [-0.3, -0.25) is 19.5 Å². The largest absolute Gasteiger partial charge is 0.356 e. The fourth-order valence-electron chi connectivity index (χ4n) is 2.99. The third-order valence-electron chi connectivity index (χ3n) is 4.44. The number of benzene rings is 1. The molecular weight excluding hydrogens is 363 g/mol. The predicted octanol–water partition coefficient (Wildman–Crippen LogP) is 1.43. The number of hydrogen-bond acceptors (Lipinski definition) is 4. The smallest absolute Gasteiger partial charge is 0.324 e. The van der Waals surface area contributed by atoms with Crippen LogP contribution in [0.25, 0.3) is 0 Å². The van der Waals surface area contributed by atoms with E-state index in [1.54, 1.807) is 18.3 Å². The molecule has 3 rings (SSSR count). The van der Waals surface area contributed by atoms with Crippen LogP contribution in [0, 0.1) is 5.82 Å². The molecule has 1 atom stereocenters. The molecule has 1 saturated heterocycles. The van der Waals surface area contributed by atoms with Crippen molar-refractivity contribution in [3.8, 4) is 0 Å². The van der Waals surface area contributed by atoms with Crippen molar-refractivity contribution in [2.75, 3.05) is 13.1 Å². The van der Waals surface area contributed by atoms with Gasteiger partial charge >= 0.3 is 6.03 Å². The first-order chi connectivity index (χ1) is 13.5. The van der Waals surface area contributed by atoms with Gasteiger partial charge in [0.05, 0.1) is 6.42 Å². The summed E-state index contributed by atoms with van der Waals surface area (Å²) in [5.74, 6) is -1.13. The van der Waals surface area contributed by atoms with Crippen molar-refractivity contribution in [2.45, 2.75) is 25.3 Å². The van der Waals surface area contributed by atoms with Crippen molar-refractivity contribution in [1.29, 1.82) is 0 Å². The molecule has 146 valence electrons. The second kappa shape index (κ2) is 9.07. The van der Waals surface area contributed by atoms with Gasteiger partial charge in [-0.2, -0.15) is 0 Å². The van der Waals surface area contributed by atoms with E-state index in [1.165, 1.54) is 12.1 Å². The molecule has 1 fully saturated rings. The van der Waals surface area contributed by atoms with Crippen molar-refractivity contribution in [3.05, 3.63) is 65.7 Å². The molecule has 1 aromatic heterocycles. The van der Waals surface area contributed by atoms with E-state index in [0.717, 1.165) is 10.6 Å². The Morgan fingerprint density at radius 3 is 2.79 bits per heavy atom. The van der Waals surface area contributed by atoms with Crippen molar-refractivity contribution >= 4 is 17.8 Å². The van der Waals surface area contributed by atoms with E-state index in [9.17, 15) is 18.8 Å². The van der Waals surface area contributed by atoms with Gasteiger partial charge < -0.3 is 10.6 Å². The number of carbonyl (C=O) groups is 3. The minimum atomic E-state index is -0.880. The number of halogens is 1. The number of nitrogens with zero attached hydrogens (tertiary/aromatic N) is 2. The maximum Gasteiger partial charge on any atom is 0.324 e. The van der Waals surface area contributed by atoms with Crippen LogP contribution in [0.2, 0.25) is 0 Å². The Hall–Kier alpha value is -3.29. The number of imide groups is 1. The zero-order valence-electron chi connectivity index (χ0n) is 15.2. The fourth-order valence-corrected chi connectivity index (χ4v) is 2.99. The first-order valence-corrected chi connectivity index (χ1v) is 9.06. The Bertz CT molecular complexity index is 860. The summed E-state index contributed by atoms with van der Waals surface area (Å²) in [5, 5.41) is 5.26. The molecule has 4 amide bonds. The number of rotatable bonds is 8. The second-order valence-electron chi connectivity index (χ2n) is 6.50. The van der Waals surface area contributed by atoms with Crippen LogP contribution in [0.1, 0.15) is 17.7 Å². The lowest BCUT2D eigenvalue weighted by atomic mass is 10.1. The van der Waals surface area contributed by atoms with Gasteiger partial charge in [-0.15, -0.1) is 0 Å². The van der Waals surface area contributed by atoms with Gasteiger partial charge in [0.2, 0.25) is 5.91 Å². The third kappa shape index (κ3) is 5.12. The van der Waals surface area contributed by atoms with Crippen LogP contribution < -0.4 is 10.6 Å². The number of amides is 4. The van der Waals surface area contributed by atoms with Crippen LogP contribution in [0.3, 0.4) is 0 Å². The lowest BCUT2D eigenvalue weighted by Crippen LogP contribution is -2.37. The molecule has 2 heterocycles. The molecule has 1 aliphatic rings. The molecule has 2 N–H and O–H groups in total. The lowest BCUT2D eigenvalue weighted by molar-refractivity contribution is -0.130. The molecule has 2 aromatic rings. The van der Waals surface area contributed by atoms with Gasteiger partial charge in [-0.1, -0.05) is 18.2 Å². The van der Waals surface area contributed by atoms with Crippen LogP contribution >= 0.6 is 0 Å². The average molecular weight is 384 g/mol. The van der Waals surface area contributed by atoms with E-state index in [0.29, 0.717) is 24.9 Å². The summed E-state index contributed by atoms with van der Waals surface area (Å²) in [4.78, 5) is 41.8. The summed E-state index contributed by atoms with van der Waals surface area (Å²) in [6.45, 7) is 0.528. The van der Waals surface area contributed by atoms with E-state index >= 15 is 0 Å². The second-order valence-corrected chi connectivity index (χ2v) is 6.50. The first-order valence-electron chi connectivity index (χ1n) is 9.06. The number of urea groups is 1. The zero-order chi connectivity index (χ0) is 19.9. The molecule has 7 nitrogen and oxygen atoms in total. The Balaban J connectivity index is 1.45. The average Bonchev–Trinajstić information content (AvgIpc) is 2.94. The normalized spacial score (nSPS) is 16.2. The van der Waals surface area contributed by atoms with Crippen LogP contribution in [-0.2, 0) is 22.4 Å². The van der Waals surface area contributed by atoms with E-state index in [2.05, 4.69) is 15.6 Å². The molecule has 0 radical (unpaired) electrons. The third-order valence-corrected chi connectivity index (χ3v) is 4.44. The van der Waals surface area contributed by atoms with Gasteiger partial charge in [0.15, 0.2) is 0 Å². The highest BCUT2D eigenvalue weighted by molar-refractivity contribution is 6.05. The van der Waals surface area contributed by atoms with Crippen molar-refractivity contribution in [1.82, 2.24) is 20.5 Å². The van der Waals surface area contributed by atoms with Gasteiger partial charge in [-0.05, 0) is 36.2 Å². The summed E-state index contributed by atoms with van der Waals surface area (Å²) >= 11 is 0. The van der Waals surface area contributed by atoms with Crippen LogP contribution in [-0.4, -0.2) is 46.9 Å². The molecule has 0 bridgehead atoms. The maximum absolute atomic E-state index is 13.2.